The number of piperidine rings is 1. The number of halogens is 1. The Morgan fingerprint density at radius 3 is 2.47 bits per heavy atom. The van der Waals surface area contributed by atoms with Gasteiger partial charge in [-0.15, -0.1) is 0 Å². The molecule has 0 bridgehead atoms. The maximum atomic E-state index is 12.8. The first-order valence-corrected chi connectivity index (χ1v) is 16.4. The van der Waals surface area contributed by atoms with Gasteiger partial charge in [-0.1, -0.05) is 43.6 Å². The molecule has 0 radical (unpaired) electrons. The standard InChI is InChI=1S/C36H42ClN7O3/c1-35(2,3)47-30(33(45)46)28-29(43-17-12-36(4,5)13-18-43)27(32(38)42-31(28)37)23-8-9-25-21-44(16-11-22(25)19-23)34-40-15-10-26(41-34)24-7-6-14-39-20-24/h6-10,14-15,19-20,30H,11-13,16-18,21H2,1-5H3,(H2,38,42)(H,45,46)/t30-/m0/s1. The molecule has 3 N–H and O–H groups in total. The van der Waals surface area contributed by atoms with Gasteiger partial charge < -0.3 is 25.4 Å². The summed E-state index contributed by atoms with van der Waals surface area (Å²) in [6.45, 7) is 12.9. The Hall–Kier alpha value is -4.28. The zero-order valence-corrected chi connectivity index (χ0v) is 28.4. The number of nitrogens with zero attached hydrogens (tertiary/aromatic N) is 6. The molecule has 6 rings (SSSR count). The topological polar surface area (TPSA) is 131 Å². The van der Waals surface area contributed by atoms with Crippen molar-refractivity contribution in [1.29, 1.82) is 0 Å². The Bertz CT molecular complexity index is 1780. The number of hydrogen-bond acceptors (Lipinski definition) is 9. The van der Waals surface area contributed by atoms with Gasteiger partial charge in [-0.25, -0.2) is 19.7 Å². The molecule has 1 atom stereocenters. The molecule has 0 unspecified atom stereocenters. The summed E-state index contributed by atoms with van der Waals surface area (Å²) in [5, 5.41) is 10.5. The number of hydrogen-bond donors (Lipinski definition) is 2. The number of carboxylic acids is 1. The van der Waals surface area contributed by atoms with Crippen molar-refractivity contribution in [2.45, 2.75) is 72.1 Å². The van der Waals surface area contributed by atoms with Crippen LogP contribution in [0.15, 0.2) is 55.0 Å². The van der Waals surface area contributed by atoms with E-state index in [-0.39, 0.29) is 16.4 Å². The van der Waals surface area contributed by atoms with E-state index in [0.29, 0.717) is 29.3 Å². The molecule has 246 valence electrons. The number of benzene rings is 1. The lowest BCUT2D eigenvalue weighted by Gasteiger charge is -2.41. The van der Waals surface area contributed by atoms with Crippen molar-refractivity contribution in [1.82, 2.24) is 19.9 Å². The van der Waals surface area contributed by atoms with Gasteiger partial charge >= 0.3 is 5.97 Å². The summed E-state index contributed by atoms with van der Waals surface area (Å²) in [5.41, 5.74) is 12.8. The molecular weight excluding hydrogens is 614 g/mol. The molecule has 3 aromatic heterocycles. The van der Waals surface area contributed by atoms with Gasteiger partial charge in [0.1, 0.15) is 11.0 Å². The Kier molecular flexibility index (Phi) is 8.84. The molecular formula is C36H42ClN7O3. The van der Waals surface area contributed by atoms with Crippen LogP contribution in [0.2, 0.25) is 5.15 Å². The third-order valence-corrected chi connectivity index (χ3v) is 9.26. The number of nitrogen functional groups attached to an aromatic ring is 1. The molecule has 5 heterocycles. The van der Waals surface area contributed by atoms with Gasteiger partial charge in [0.15, 0.2) is 6.10 Å². The fourth-order valence-electron chi connectivity index (χ4n) is 6.40. The summed E-state index contributed by atoms with van der Waals surface area (Å²) >= 11 is 6.79. The molecule has 1 aromatic carbocycles. The predicted molar refractivity (Wildman–Crippen MR) is 186 cm³/mol. The normalized spacial score (nSPS) is 16.9. The van der Waals surface area contributed by atoms with Crippen molar-refractivity contribution in [3.8, 4) is 22.4 Å². The first-order valence-electron chi connectivity index (χ1n) is 16.0. The Morgan fingerprint density at radius 1 is 1.02 bits per heavy atom. The van der Waals surface area contributed by atoms with E-state index in [2.05, 4.69) is 50.7 Å². The first kappa shape index (κ1) is 32.7. The van der Waals surface area contributed by atoms with E-state index >= 15 is 0 Å². The molecule has 0 amide bonds. The van der Waals surface area contributed by atoms with Crippen molar-refractivity contribution >= 4 is 35.0 Å². The third-order valence-electron chi connectivity index (χ3n) is 8.97. The quantitative estimate of drug-likeness (QED) is 0.201. The molecule has 47 heavy (non-hydrogen) atoms. The summed E-state index contributed by atoms with van der Waals surface area (Å²) in [4.78, 5) is 35.3. The minimum absolute atomic E-state index is 0.0462. The molecule has 0 saturated carbocycles. The molecule has 0 aliphatic carbocycles. The van der Waals surface area contributed by atoms with E-state index in [9.17, 15) is 9.90 Å². The van der Waals surface area contributed by atoms with Gasteiger partial charge in [0, 0.05) is 55.9 Å². The predicted octanol–water partition coefficient (Wildman–Crippen LogP) is 6.97. The van der Waals surface area contributed by atoms with E-state index in [1.807, 2.05) is 45.0 Å². The summed E-state index contributed by atoms with van der Waals surface area (Å²) in [6, 6.07) is 12.1. The van der Waals surface area contributed by atoms with Crippen molar-refractivity contribution in [2.75, 3.05) is 35.2 Å². The van der Waals surface area contributed by atoms with Gasteiger partial charge in [-0.2, -0.15) is 0 Å². The molecule has 2 aliphatic heterocycles. The second-order valence-electron chi connectivity index (χ2n) is 14.2. The van der Waals surface area contributed by atoms with Crippen molar-refractivity contribution in [2.24, 2.45) is 5.41 Å². The third kappa shape index (κ3) is 7.04. The fraction of sp³-hybridized carbons (Fsp3) is 0.417. The second kappa shape index (κ2) is 12.7. The average molecular weight is 656 g/mol. The van der Waals surface area contributed by atoms with Gasteiger partial charge in [-0.05, 0) is 80.3 Å². The highest BCUT2D eigenvalue weighted by atomic mass is 35.5. The number of ether oxygens (including phenoxy) is 1. The van der Waals surface area contributed by atoms with E-state index in [1.54, 1.807) is 18.6 Å². The maximum Gasteiger partial charge on any atom is 0.337 e. The van der Waals surface area contributed by atoms with Crippen LogP contribution in [-0.4, -0.2) is 56.2 Å². The fourth-order valence-corrected chi connectivity index (χ4v) is 6.68. The minimum atomic E-state index is -1.33. The van der Waals surface area contributed by atoms with Gasteiger partial charge in [0.05, 0.1) is 22.5 Å². The first-order chi connectivity index (χ1) is 22.3. The van der Waals surface area contributed by atoms with E-state index in [4.69, 9.17) is 27.1 Å². The SMILES string of the molecule is CC1(C)CCN(c2c(-c3ccc4c(c3)CCN(c3nccc(-c5cccnc5)n3)C4)c(N)nc(Cl)c2[C@H](OC(C)(C)C)C(=O)O)CC1. The molecule has 11 heteroatoms. The lowest BCUT2D eigenvalue weighted by molar-refractivity contribution is -0.160. The molecule has 10 nitrogen and oxygen atoms in total. The summed E-state index contributed by atoms with van der Waals surface area (Å²) < 4.78 is 6.14. The van der Waals surface area contributed by atoms with Crippen molar-refractivity contribution in [3.63, 3.8) is 0 Å². The Morgan fingerprint density at radius 2 is 1.79 bits per heavy atom. The van der Waals surface area contributed by atoms with Crippen molar-refractivity contribution < 1.29 is 14.6 Å². The molecule has 4 aromatic rings. The van der Waals surface area contributed by atoms with E-state index < -0.39 is 17.7 Å². The molecule has 2 aliphatic rings. The number of carboxylic acid groups (broad SMARTS) is 1. The van der Waals surface area contributed by atoms with Crippen LogP contribution in [-0.2, 0) is 22.5 Å². The Labute approximate surface area is 281 Å². The summed E-state index contributed by atoms with van der Waals surface area (Å²) in [6.07, 6.45) is 6.66. The number of fused-ring (bicyclic) bond motifs is 1. The minimum Gasteiger partial charge on any atom is -0.479 e. The number of aliphatic carboxylic acids is 1. The number of rotatable bonds is 7. The van der Waals surface area contributed by atoms with Crippen LogP contribution < -0.4 is 15.5 Å². The number of aromatic nitrogens is 4. The van der Waals surface area contributed by atoms with E-state index in [0.717, 1.165) is 61.3 Å². The largest absolute Gasteiger partial charge is 0.479 e. The zero-order valence-electron chi connectivity index (χ0n) is 27.6. The van der Waals surface area contributed by atoms with Gasteiger partial charge in [0.25, 0.3) is 0 Å². The number of nitrogens with two attached hydrogens (primary N) is 1. The van der Waals surface area contributed by atoms with Crippen LogP contribution in [0.5, 0.6) is 0 Å². The van der Waals surface area contributed by atoms with Gasteiger partial charge in [0.2, 0.25) is 5.95 Å². The van der Waals surface area contributed by atoms with Crippen LogP contribution in [0, 0.1) is 5.41 Å². The van der Waals surface area contributed by atoms with E-state index in [1.165, 1.54) is 5.56 Å². The molecule has 1 saturated heterocycles. The Balaban J connectivity index is 1.39. The molecule has 0 spiro atoms. The highest BCUT2D eigenvalue weighted by molar-refractivity contribution is 6.31. The highest BCUT2D eigenvalue weighted by Crippen LogP contribution is 2.47. The monoisotopic (exact) mass is 655 g/mol. The van der Waals surface area contributed by atoms with Crippen LogP contribution >= 0.6 is 11.6 Å². The smallest absolute Gasteiger partial charge is 0.337 e. The summed E-state index contributed by atoms with van der Waals surface area (Å²) in [5.74, 6) is -0.194. The van der Waals surface area contributed by atoms with Crippen molar-refractivity contribution in [3.05, 3.63) is 76.8 Å². The molecule has 1 fully saturated rings. The lowest BCUT2D eigenvalue weighted by Crippen LogP contribution is -2.39. The van der Waals surface area contributed by atoms with Crippen LogP contribution in [0.1, 0.15) is 70.3 Å². The highest BCUT2D eigenvalue weighted by Gasteiger charge is 2.37. The van der Waals surface area contributed by atoms with Crippen LogP contribution in [0.25, 0.3) is 22.4 Å². The maximum absolute atomic E-state index is 12.8. The number of carbonyl (C=O) groups is 1. The zero-order chi connectivity index (χ0) is 33.5. The average Bonchev–Trinajstić information content (AvgIpc) is 3.03. The number of pyridine rings is 2. The lowest BCUT2D eigenvalue weighted by atomic mass is 9.82. The van der Waals surface area contributed by atoms with Crippen LogP contribution in [0.3, 0.4) is 0 Å². The van der Waals surface area contributed by atoms with Gasteiger partial charge in [-0.3, -0.25) is 4.98 Å². The second-order valence-corrected chi connectivity index (χ2v) is 14.5. The van der Waals surface area contributed by atoms with Crippen LogP contribution in [0.4, 0.5) is 17.5 Å². The number of anilines is 3. The summed E-state index contributed by atoms with van der Waals surface area (Å²) in [7, 11) is 0.